The molecule has 0 saturated carbocycles. The second-order valence-electron chi connectivity index (χ2n) is 6.37. The number of nitrogens with one attached hydrogen (secondary N) is 3. The zero-order valence-electron chi connectivity index (χ0n) is 23.6. The van der Waals surface area contributed by atoms with E-state index < -0.39 is 4.92 Å². The first-order valence-corrected chi connectivity index (χ1v) is 12.5. The minimum absolute atomic E-state index is 0.0637. The molecule has 4 aromatic rings. The predicted molar refractivity (Wildman–Crippen MR) is 161 cm³/mol. The Kier molecular flexibility index (Phi) is 19.9. The van der Waals surface area contributed by atoms with E-state index >= 15 is 0 Å². The molecule has 0 fully saturated rings. The van der Waals surface area contributed by atoms with E-state index in [1.165, 1.54) is 6.07 Å². The van der Waals surface area contributed by atoms with Crippen molar-refractivity contribution in [3.63, 3.8) is 0 Å². The highest BCUT2D eigenvalue weighted by Crippen LogP contribution is 2.21. The second-order valence-corrected chi connectivity index (χ2v) is 6.37. The average molecular weight is 513 g/mol. The normalized spacial score (nSPS) is 8.57. The summed E-state index contributed by atoms with van der Waals surface area (Å²) >= 11 is 0. The molecule has 0 atom stereocenters. The number of hydrogen-bond donors (Lipinski definition) is 4. The van der Waals surface area contributed by atoms with E-state index in [1.807, 2.05) is 97.1 Å². The monoisotopic (exact) mass is 512 g/mol. The molecule has 0 spiro atoms. The van der Waals surface area contributed by atoms with Crippen molar-refractivity contribution >= 4 is 33.8 Å². The van der Waals surface area contributed by atoms with Gasteiger partial charge in [-0.2, -0.15) is 0 Å². The fraction of sp³-hybridized carbons (Fsp3) is 0.321. The first kappa shape index (κ1) is 34.9. The summed E-state index contributed by atoms with van der Waals surface area (Å²) in [4.78, 5) is 23.7. The molecule has 3 aromatic carbocycles. The van der Waals surface area contributed by atoms with Crippen molar-refractivity contribution in [2.45, 2.75) is 41.5 Å². The van der Waals surface area contributed by atoms with Crippen molar-refractivity contribution in [3.8, 4) is 0 Å². The van der Waals surface area contributed by atoms with Gasteiger partial charge >= 0.3 is 5.69 Å². The molecule has 9 heteroatoms. The number of imidazole rings is 1. The summed E-state index contributed by atoms with van der Waals surface area (Å²) in [5, 5.41) is 16.1. The van der Waals surface area contributed by atoms with Crippen LogP contribution in [0.1, 0.15) is 41.5 Å². The Morgan fingerprint density at radius 2 is 1.24 bits per heavy atom. The van der Waals surface area contributed by atoms with Crippen molar-refractivity contribution in [1.82, 2.24) is 9.55 Å². The van der Waals surface area contributed by atoms with Crippen molar-refractivity contribution < 1.29 is 4.92 Å². The number of nitro benzene ring substituents is 1. The third-order valence-corrected chi connectivity index (χ3v) is 4.41. The van der Waals surface area contributed by atoms with Crippen molar-refractivity contribution in [2.24, 2.45) is 7.05 Å². The van der Waals surface area contributed by atoms with Crippen LogP contribution in [-0.2, 0) is 7.05 Å². The summed E-state index contributed by atoms with van der Waals surface area (Å²) in [6.45, 7) is 12.0. The number of nitrogens with two attached hydrogens (primary N) is 1. The molecule has 0 bridgehead atoms. The Hall–Kier alpha value is -4.27. The summed E-state index contributed by atoms with van der Waals surface area (Å²) in [5.41, 5.74) is 9.76. The molecular formula is C28H44N6O3. The molecule has 0 aliphatic carbocycles. The van der Waals surface area contributed by atoms with Crippen LogP contribution in [0.15, 0.2) is 77.6 Å². The molecule has 5 N–H and O–H groups in total. The van der Waals surface area contributed by atoms with Crippen LogP contribution in [0.4, 0.5) is 22.7 Å². The Balaban J connectivity index is 0. The number of nitrogens with zero attached hydrogens (tertiary/aromatic N) is 2. The molecule has 0 aliphatic heterocycles. The fourth-order valence-corrected chi connectivity index (χ4v) is 2.75. The lowest BCUT2D eigenvalue weighted by molar-refractivity contribution is -0.383. The average Bonchev–Trinajstić information content (AvgIpc) is 3.26. The highest BCUT2D eigenvalue weighted by molar-refractivity contribution is 5.74. The highest BCUT2D eigenvalue weighted by atomic mass is 16.6. The van der Waals surface area contributed by atoms with Gasteiger partial charge in [0.2, 0.25) is 0 Å². The standard InChI is InChI=1S/C8H8N2O.C7H8N2O2.C7H10N2.3C2H6/c1-10-7-5-3-2-4-6(7)9-8(10)11;1-8-6-4-2-3-5-7(6)9(10)11;1-9-7-5-3-2-4-6(7)8;3*1-2/h2-5H,1H3,(H,9,11);2-5,8H,1H3;2-5,9H,8H2,1H3;3*1-2H3. The second kappa shape index (κ2) is 21.0. The van der Waals surface area contributed by atoms with Gasteiger partial charge in [0, 0.05) is 27.2 Å². The molecule has 1 heterocycles. The molecule has 0 amide bonds. The van der Waals surface area contributed by atoms with E-state index in [9.17, 15) is 14.9 Å². The largest absolute Gasteiger partial charge is 0.397 e. The summed E-state index contributed by atoms with van der Waals surface area (Å²) < 4.78 is 1.59. The molecule has 9 nitrogen and oxygen atoms in total. The Morgan fingerprint density at radius 3 is 1.68 bits per heavy atom. The minimum Gasteiger partial charge on any atom is -0.397 e. The molecule has 37 heavy (non-hydrogen) atoms. The van der Waals surface area contributed by atoms with E-state index in [-0.39, 0.29) is 11.4 Å². The molecule has 204 valence electrons. The zero-order chi connectivity index (χ0) is 28.8. The number of aromatic nitrogens is 2. The van der Waals surface area contributed by atoms with Gasteiger partial charge in [0.15, 0.2) is 0 Å². The Bertz CT molecular complexity index is 1200. The van der Waals surface area contributed by atoms with Gasteiger partial charge in [0.25, 0.3) is 5.69 Å². The van der Waals surface area contributed by atoms with Crippen LogP contribution in [0.25, 0.3) is 11.0 Å². The smallest absolute Gasteiger partial charge is 0.326 e. The number of H-pyrrole nitrogens is 1. The van der Waals surface area contributed by atoms with Crippen LogP contribution in [0.2, 0.25) is 0 Å². The number of aromatic amines is 1. The van der Waals surface area contributed by atoms with Crippen LogP contribution >= 0.6 is 0 Å². The first-order chi connectivity index (χ1) is 17.9. The lowest BCUT2D eigenvalue weighted by atomic mass is 10.3. The van der Waals surface area contributed by atoms with E-state index in [2.05, 4.69) is 15.6 Å². The maximum Gasteiger partial charge on any atom is 0.326 e. The first-order valence-electron chi connectivity index (χ1n) is 12.5. The fourth-order valence-electron chi connectivity index (χ4n) is 2.75. The van der Waals surface area contributed by atoms with Crippen LogP contribution in [0.5, 0.6) is 0 Å². The zero-order valence-corrected chi connectivity index (χ0v) is 23.6. The number of benzene rings is 3. The molecule has 4 rings (SSSR count). The number of rotatable bonds is 3. The summed E-state index contributed by atoms with van der Waals surface area (Å²) in [5.74, 6) is 0. The van der Waals surface area contributed by atoms with Crippen LogP contribution in [0, 0.1) is 10.1 Å². The molecule has 0 saturated heterocycles. The van der Waals surface area contributed by atoms with Crippen LogP contribution < -0.4 is 22.1 Å². The third kappa shape index (κ3) is 11.8. The van der Waals surface area contributed by atoms with E-state index in [0.29, 0.717) is 5.69 Å². The molecule has 0 radical (unpaired) electrons. The Labute approximate surface area is 220 Å². The van der Waals surface area contributed by atoms with Gasteiger partial charge in [-0.3, -0.25) is 14.7 Å². The van der Waals surface area contributed by atoms with Gasteiger partial charge in [0.05, 0.1) is 27.3 Å². The number of hydrogen-bond acceptors (Lipinski definition) is 6. The van der Waals surface area contributed by atoms with Gasteiger partial charge in [0.1, 0.15) is 5.69 Å². The number of anilines is 3. The maximum atomic E-state index is 11.0. The van der Waals surface area contributed by atoms with Gasteiger partial charge in [-0.1, -0.05) is 77.9 Å². The van der Waals surface area contributed by atoms with E-state index in [4.69, 9.17) is 5.73 Å². The SMILES string of the molecule is CC.CC.CC.CNc1ccccc1N.CNc1ccccc1[N+](=O)[O-].Cn1c(=O)[nH]c2ccccc21. The predicted octanol–water partition coefficient (Wildman–Crippen LogP) is 6.89. The van der Waals surface area contributed by atoms with Gasteiger partial charge in [-0.05, 0) is 30.3 Å². The van der Waals surface area contributed by atoms with Gasteiger partial charge < -0.3 is 21.4 Å². The number of para-hydroxylation sites is 6. The summed E-state index contributed by atoms with van der Waals surface area (Å²) in [7, 11) is 5.26. The maximum absolute atomic E-state index is 11.0. The molecular weight excluding hydrogens is 468 g/mol. The topological polar surface area (TPSA) is 131 Å². The molecule has 0 unspecified atom stereocenters. The highest BCUT2D eigenvalue weighted by Gasteiger charge is 2.09. The van der Waals surface area contributed by atoms with Gasteiger partial charge in [-0.25, -0.2) is 4.79 Å². The number of aryl methyl sites for hydroxylation is 1. The quantitative estimate of drug-likeness (QED) is 0.134. The summed E-state index contributed by atoms with van der Waals surface area (Å²) in [6, 6.07) is 21.8. The van der Waals surface area contributed by atoms with Crippen LogP contribution in [0.3, 0.4) is 0 Å². The van der Waals surface area contributed by atoms with Gasteiger partial charge in [-0.15, -0.1) is 0 Å². The number of nitro groups is 1. The summed E-state index contributed by atoms with van der Waals surface area (Å²) in [6.07, 6.45) is 0. The van der Waals surface area contributed by atoms with Crippen molar-refractivity contribution in [3.05, 3.63) is 93.4 Å². The Morgan fingerprint density at radius 1 is 0.784 bits per heavy atom. The lowest BCUT2D eigenvalue weighted by Crippen LogP contribution is -2.11. The lowest BCUT2D eigenvalue weighted by Gasteiger charge is -2.01. The molecule has 0 aliphatic rings. The van der Waals surface area contributed by atoms with E-state index in [0.717, 1.165) is 22.4 Å². The van der Waals surface area contributed by atoms with E-state index in [1.54, 1.807) is 36.9 Å². The number of nitrogen functional groups attached to an aromatic ring is 1. The third-order valence-electron chi connectivity index (χ3n) is 4.41. The minimum atomic E-state index is -0.411. The van der Waals surface area contributed by atoms with Crippen LogP contribution in [-0.4, -0.2) is 28.6 Å². The number of fused-ring (bicyclic) bond motifs is 1. The van der Waals surface area contributed by atoms with Crippen molar-refractivity contribution in [2.75, 3.05) is 30.5 Å². The van der Waals surface area contributed by atoms with Crippen molar-refractivity contribution in [1.29, 1.82) is 0 Å². The molecule has 1 aromatic heterocycles.